The van der Waals surface area contributed by atoms with Crippen molar-refractivity contribution >= 4 is 39.1 Å². The van der Waals surface area contributed by atoms with Gasteiger partial charge in [0.1, 0.15) is 12.6 Å². The van der Waals surface area contributed by atoms with Crippen molar-refractivity contribution in [3.63, 3.8) is 0 Å². The van der Waals surface area contributed by atoms with Gasteiger partial charge in [0.2, 0.25) is 28.6 Å². The maximum atomic E-state index is 13.6. The fourth-order valence-corrected chi connectivity index (χ4v) is 4.69. The number of rotatable bonds is 11. The number of fused-ring (bicyclic) bond motifs is 1. The number of hydrogen-bond donors (Lipinski definition) is 1. The average Bonchev–Trinajstić information content (AvgIpc) is 3.29. The lowest BCUT2D eigenvalue weighted by molar-refractivity contribution is -0.140. The van der Waals surface area contributed by atoms with Crippen LogP contribution in [0.2, 0.25) is 5.02 Å². The van der Waals surface area contributed by atoms with Crippen molar-refractivity contribution in [2.24, 2.45) is 0 Å². The lowest BCUT2D eigenvalue weighted by atomic mass is 10.1. The molecule has 2 aromatic carbocycles. The van der Waals surface area contributed by atoms with Crippen LogP contribution in [0.25, 0.3) is 0 Å². The number of nitrogens with zero attached hydrogens (tertiary/aromatic N) is 2. The molecule has 0 bridgehead atoms. The van der Waals surface area contributed by atoms with Crippen LogP contribution in [0, 0.1) is 0 Å². The van der Waals surface area contributed by atoms with E-state index in [2.05, 4.69) is 5.32 Å². The van der Waals surface area contributed by atoms with Crippen molar-refractivity contribution in [2.75, 3.05) is 30.4 Å². The number of nitrogens with one attached hydrogen (secondary N) is 1. The molecule has 0 spiro atoms. The fraction of sp³-hybridized carbons (Fsp3) is 0.417. The molecular formula is C24H30ClN3O6S. The summed E-state index contributed by atoms with van der Waals surface area (Å²) in [6.07, 6.45) is 2.14. The van der Waals surface area contributed by atoms with E-state index in [1.807, 2.05) is 13.8 Å². The van der Waals surface area contributed by atoms with Crippen LogP contribution in [0.15, 0.2) is 42.5 Å². The first-order valence-corrected chi connectivity index (χ1v) is 13.6. The van der Waals surface area contributed by atoms with Crippen LogP contribution >= 0.6 is 11.6 Å². The lowest BCUT2D eigenvalue weighted by Gasteiger charge is -2.33. The number of carbonyl (C=O) groups is 2. The Balaban J connectivity index is 1.93. The minimum absolute atomic E-state index is 0.0382. The summed E-state index contributed by atoms with van der Waals surface area (Å²) in [7, 11) is -3.84. The zero-order valence-corrected chi connectivity index (χ0v) is 21.6. The topological polar surface area (TPSA) is 105 Å². The normalized spacial score (nSPS) is 13.3. The fourth-order valence-electron chi connectivity index (χ4n) is 3.73. The van der Waals surface area contributed by atoms with E-state index in [1.54, 1.807) is 36.4 Å². The quantitative estimate of drug-likeness (QED) is 0.485. The van der Waals surface area contributed by atoms with Crippen LogP contribution in [-0.2, 0) is 26.2 Å². The Morgan fingerprint density at radius 1 is 1.09 bits per heavy atom. The Hall–Kier alpha value is -2.98. The third kappa shape index (κ3) is 6.79. The minimum atomic E-state index is -3.84. The summed E-state index contributed by atoms with van der Waals surface area (Å²) >= 11 is 6.00. The first-order chi connectivity index (χ1) is 16.6. The molecule has 1 atom stereocenters. The van der Waals surface area contributed by atoms with Crippen LogP contribution in [-0.4, -0.2) is 57.3 Å². The molecule has 0 saturated heterocycles. The van der Waals surface area contributed by atoms with Crippen LogP contribution < -0.4 is 19.1 Å². The summed E-state index contributed by atoms with van der Waals surface area (Å²) in [5.74, 6) is 0.0933. The van der Waals surface area contributed by atoms with Crippen LogP contribution in [0.5, 0.6) is 11.5 Å². The number of amides is 2. The van der Waals surface area contributed by atoms with E-state index in [0.717, 1.165) is 22.5 Å². The monoisotopic (exact) mass is 523 g/mol. The summed E-state index contributed by atoms with van der Waals surface area (Å²) in [4.78, 5) is 27.9. The Morgan fingerprint density at radius 2 is 1.77 bits per heavy atom. The van der Waals surface area contributed by atoms with Gasteiger partial charge >= 0.3 is 0 Å². The van der Waals surface area contributed by atoms with Crippen molar-refractivity contribution in [3.8, 4) is 11.5 Å². The van der Waals surface area contributed by atoms with Crippen molar-refractivity contribution < 1.29 is 27.5 Å². The SMILES string of the molecule is CCCNC(=O)[C@H](CC)N(Cc1ccc(Cl)cc1)C(=O)CN(c1ccc2c(c1)OCO2)S(C)(=O)=O. The maximum Gasteiger partial charge on any atom is 0.244 e. The van der Waals surface area contributed by atoms with E-state index >= 15 is 0 Å². The summed E-state index contributed by atoms with van der Waals surface area (Å²) in [6, 6.07) is 10.8. The van der Waals surface area contributed by atoms with Gasteiger partial charge < -0.3 is 19.7 Å². The molecule has 0 fully saturated rings. The molecule has 0 aromatic heterocycles. The van der Waals surface area contributed by atoms with E-state index in [0.29, 0.717) is 29.5 Å². The Kier molecular flexibility index (Phi) is 8.85. The van der Waals surface area contributed by atoms with Gasteiger partial charge in [0.25, 0.3) is 0 Å². The number of halogens is 1. The number of carbonyl (C=O) groups excluding carboxylic acids is 2. The van der Waals surface area contributed by atoms with E-state index < -0.39 is 28.5 Å². The smallest absolute Gasteiger partial charge is 0.244 e. The Bertz CT molecular complexity index is 1160. The highest BCUT2D eigenvalue weighted by molar-refractivity contribution is 7.92. The van der Waals surface area contributed by atoms with E-state index in [4.69, 9.17) is 21.1 Å². The van der Waals surface area contributed by atoms with Crippen molar-refractivity contribution in [3.05, 3.63) is 53.1 Å². The molecule has 1 N–H and O–H groups in total. The average molecular weight is 524 g/mol. The van der Waals surface area contributed by atoms with Gasteiger partial charge in [0.05, 0.1) is 11.9 Å². The Morgan fingerprint density at radius 3 is 2.40 bits per heavy atom. The largest absolute Gasteiger partial charge is 0.454 e. The zero-order chi connectivity index (χ0) is 25.6. The molecule has 1 aliphatic heterocycles. The number of benzene rings is 2. The molecule has 0 radical (unpaired) electrons. The van der Waals surface area contributed by atoms with Crippen molar-refractivity contribution in [1.82, 2.24) is 10.2 Å². The molecule has 190 valence electrons. The van der Waals surface area contributed by atoms with Crippen LogP contribution in [0.3, 0.4) is 0 Å². The third-order valence-electron chi connectivity index (χ3n) is 5.52. The summed E-state index contributed by atoms with van der Waals surface area (Å²) < 4.78 is 37.0. The molecule has 35 heavy (non-hydrogen) atoms. The highest BCUT2D eigenvalue weighted by Gasteiger charge is 2.32. The maximum absolute atomic E-state index is 13.6. The second kappa shape index (κ2) is 11.6. The van der Waals surface area contributed by atoms with E-state index in [1.165, 1.54) is 11.0 Å². The lowest BCUT2D eigenvalue weighted by Crippen LogP contribution is -2.52. The first-order valence-electron chi connectivity index (χ1n) is 11.3. The van der Waals surface area contributed by atoms with E-state index in [-0.39, 0.29) is 24.9 Å². The van der Waals surface area contributed by atoms with Gasteiger partial charge in [0.15, 0.2) is 11.5 Å². The second-order valence-electron chi connectivity index (χ2n) is 8.17. The number of hydrogen-bond acceptors (Lipinski definition) is 6. The Labute approximate surface area is 211 Å². The molecule has 11 heteroatoms. The van der Waals surface area contributed by atoms with Gasteiger partial charge in [-0.15, -0.1) is 0 Å². The second-order valence-corrected chi connectivity index (χ2v) is 10.5. The first kappa shape index (κ1) is 26.6. The molecular weight excluding hydrogens is 494 g/mol. The van der Waals surface area contributed by atoms with Crippen LogP contribution in [0.4, 0.5) is 5.69 Å². The van der Waals surface area contributed by atoms with E-state index in [9.17, 15) is 18.0 Å². The molecule has 1 aliphatic rings. The zero-order valence-electron chi connectivity index (χ0n) is 20.0. The number of sulfonamides is 1. The predicted molar refractivity (Wildman–Crippen MR) is 134 cm³/mol. The van der Waals surface area contributed by atoms with Crippen molar-refractivity contribution in [2.45, 2.75) is 39.3 Å². The van der Waals surface area contributed by atoms with Gasteiger partial charge in [-0.3, -0.25) is 13.9 Å². The van der Waals surface area contributed by atoms with Gasteiger partial charge in [-0.1, -0.05) is 37.6 Å². The molecule has 9 nitrogen and oxygen atoms in total. The summed E-state index contributed by atoms with van der Waals surface area (Å²) in [5.41, 5.74) is 1.03. The minimum Gasteiger partial charge on any atom is -0.454 e. The van der Waals surface area contributed by atoms with Gasteiger partial charge in [-0.25, -0.2) is 8.42 Å². The molecule has 2 amide bonds. The molecule has 0 saturated carbocycles. The molecule has 1 heterocycles. The van der Waals surface area contributed by atoms with Gasteiger partial charge in [-0.2, -0.15) is 0 Å². The highest BCUT2D eigenvalue weighted by Crippen LogP contribution is 2.36. The number of ether oxygens (including phenoxy) is 2. The third-order valence-corrected chi connectivity index (χ3v) is 6.92. The highest BCUT2D eigenvalue weighted by atomic mass is 35.5. The summed E-state index contributed by atoms with van der Waals surface area (Å²) in [6.45, 7) is 3.90. The number of anilines is 1. The van der Waals surface area contributed by atoms with Crippen LogP contribution in [0.1, 0.15) is 32.3 Å². The van der Waals surface area contributed by atoms with Gasteiger partial charge in [0, 0.05) is 24.2 Å². The molecule has 3 rings (SSSR count). The molecule has 0 unspecified atom stereocenters. The van der Waals surface area contributed by atoms with Crippen molar-refractivity contribution in [1.29, 1.82) is 0 Å². The molecule has 0 aliphatic carbocycles. The summed E-state index contributed by atoms with van der Waals surface area (Å²) in [5, 5.41) is 3.39. The predicted octanol–water partition coefficient (Wildman–Crippen LogP) is 3.17. The van der Waals surface area contributed by atoms with Gasteiger partial charge in [-0.05, 0) is 42.7 Å². The standard InChI is InChI=1S/C24H30ClN3O6S/c1-4-12-26-24(30)20(5-2)27(14-17-6-8-18(25)9-7-17)23(29)15-28(35(3,31)32)19-10-11-21-22(13-19)34-16-33-21/h6-11,13,20H,4-5,12,14-16H2,1-3H3,(H,26,30)/t20-/m0/s1. The molecule has 2 aromatic rings.